The molecule has 0 radical (unpaired) electrons. The minimum atomic E-state index is -1.36. The fraction of sp³-hybridized carbons (Fsp3) is 0.0476. The maximum Gasteiger partial charge on any atom is 0.340 e. The molecule has 0 unspecified atom stereocenters. The number of halogens is 4. The fourth-order valence-electron chi connectivity index (χ4n) is 3.93. The molecule has 0 atom stereocenters. The molecule has 2 heterocycles. The largest absolute Gasteiger partial charge is 0.506 e. The molecule has 1 spiro atoms. The van der Waals surface area contributed by atoms with Crippen molar-refractivity contribution >= 4 is 119 Å². The molecule has 0 fully saturated rings. The van der Waals surface area contributed by atoms with Crippen LogP contribution in [0.2, 0.25) is 0 Å². The van der Waals surface area contributed by atoms with Gasteiger partial charge in [-0.3, -0.25) is 0 Å². The number of esters is 1. The number of hydrogen-bond acceptors (Lipinski definition) is 7. The summed E-state index contributed by atoms with van der Waals surface area (Å²) in [5.74, 6) is 0.361. The molecular formula is C21H7I4NO5S. The third kappa shape index (κ3) is 3.14. The van der Waals surface area contributed by atoms with E-state index in [0.717, 1.165) is 0 Å². The number of hydrogen-bond donors (Lipinski definition) is 2. The maximum absolute atomic E-state index is 13.1. The number of carbonyl (C=O) groups is 1. The number of isothiocyanates is 1. The van der Waals surface area contributed by atoms with Crippen LogP contribution in [0.5, 0.6) is 23.0 Å². The van der Waals surface area contributed by atoms with Crippen molar-refractivity contribution in [2.75, 3.05) is 0 Å². The van der Waals surface area contributed by atoms with Crippen molar-refractivity contribution in [2.45, 2.75) is 5.60 Å². The van der Waals surface area contributed by atoms with Crippen LogP contribution in [0.25, 0.3) is 0 Å². The standard InChI is InChI=1S/C21H7I4NO5S/c22-12-4-10-18(14(24)16(12)27)30-19-11(5-13(23)17(28)15(19)25)21(10)9-3-7(26-6-32)1-2-8(9)20(29)31-21/h1-5,27-28H. The van der Waals surface area contributed by atoms with E-state index in [1.54, 1.807) is 30.3 Å². The minimum absolute atomic E-state index is 0.0666. The minimum Gasteiger partial charge on any atom is -0.506 e. The van der Waals surface area contributed by atoms with Crippen LogP contribution in [0.15, 0.2) is 35.3 Å². The summed E-state index contributed by atoms with van der Waals surface area (Å²) in [6.45, 7) is 0. The summed E-state index contributed by atoms with van der Waals surface area (Å²) >= 11 is 12.8. The predicted octanol–water partition coefficient (Wildman–Crippen LogP) is 6.82. The molecule has 0 aromatic heterocycles. The van der Waals surface area contributed by atoms with E-state index >= 15 is 0 Å². The van der Waals surface area contributed by atoms with Gasteiger partial charge in [0.25, 0.3) is 0 Å². The average Bonchev–Trinajstić information content (AvgIpc) is 3.05. The highest BCUT2D eigenvalue weighted by atomic mass is 127. The van der Waals surface area contributed by atoms with E-state index in [4.69, 9.17) is 21.7 Å². The van der Waals surface area contributed by atoms with E-state index < -0.39 is 11.6 Å². The molecular weight excluding hydrogens is 886 g/mol. The molecule has 2 aliphatic rings. The molecule has 0 amide bonds. The Morgan fingerprint density at radius 1 is 0.906 bits per heavy atom. The lowest BCUT2D eigenvalue weighted by Gasteiger charge is -2.38. The SMILES string of the molecule is O=C1OC2(c3cc(N=C=S)ccc31)c1cc(I)c(O)c(I)c1Oc1c2cc(I)c(O)c1I. The predicted molar refractivity (Wildman–Crippen MR) is 154 cm³/mol. The number of ether oxygens (including phenoxy) is 2. The van der Waals surface area contributed by atoms with Gasteiger partial charge >= 0.3 is 5.97 Å². The van der Waals surface area contributed by atoms with Gasteiger partial charge in [0.05, 0.1) is 41.8 Å². The molecule has 0 saturated heterocycles. The lowest BCUT2D eigenvalue weighted by molar-refractivity contribution is 0.0222. The van der Waals surface area contributed by atoms with Crippen molar-refractivity contribution in [3.8, 4) is 23.0 Å². The van der Waals surface area contributed by atoms with Gasteiger partial charge in [0, 0.05) is 5.56 Å². The monoisotopic (exact) mass is 893 g/mol. The van der Waals surface area contributed by atoms with Crippen molar-refractivity contribution in [1.82, 2.24) is 0 Å². The zero-order valence-electron chi connectivity index (χ0n) is 15.4. The van der Waals surface area contributed by atoms with Crippen molar-refractivity contribution < 1.29 is 24.5 Å². The molecule has 2 aliphatic heterocycles. The van der Waals surface area contributed by atoms with Crippen LogP contribution in [0.3, 0.4) is 0 Å². The molecule has 3 aromatic rings. The third-order valence-electron chi connectivity index (χ3n) is 5.28. The number of rotatable bonds is 1. The first-order valence-corrected chi connectivity index (χ1v) is 13.5. The van der Waals surface area contributed by atoms with Gasteiger partial charge in [-0.15, -0.1) is 0 Å². The first kappa shape index (κ1) is 23.0. The van der Waals surface area contributed by atoms with Gasteiger partial charge in [-0.25, -0.2) is 4.79 Å². The van der Waals surface area contributed by atoms with Crippen molar-refractivity contribution in [3.63, 3.8) is 0 Å². The smallest absolute Gasteiger partial charge is 0.340 e. The summed E-state index contributed by atoms with van der Waals surface area (Å²) in [7, 11) is 0. The first-order valence-electron chi connectivity index (χ1n) is 8.77. The number of phenolic OH excluding ortho intramolecular Hbond substituents is 2. The number of aromatic hydroxyl groups is 2. The average molecular weight is 893 g/mol. The van der Waals surface area contributed by atoms with Crippen LogP contribution < -0.4 is 4.74 Å². The van der Waals surface area contributed by atoms with E-state index in [2.05, 4.69) is 10.2 Å². The zero-order chi connectivity index (χ0) is 22.9. The van der Waals surface area contributed by atoms with Crippen LogP contribution in [0.1, 0.15) is 27.0 Å². The van der Waals surface area contributed by atoms with Gasteiger partial charge < -0.3 is 19.7 Å². The second-order valence-corrected chi connectivity index (χ2v) is 11.6. The van der Waals surface area contributed by atoms with Crippen LogP contribution in [-0.2, 0) is 10.3 Å². The molecule has 6 nitrogen and oxygen atoms in total. The zero-order valence-corrected chi connectivity index (χ0v) is 24.8. The maximum atomic E-state index is 13.1. The van der Waals surface area contributed by atoms with Crippen LogP contribution in [0, 0.1) is 14.3 Å². The highest BCUT2D eigenvalue weighted by molar-refractivity contribution is 14.1. The second-order valence-electron chi connectivity index (χ2n) is 6.90. The Labute approximate surface area is 241 Å². The number of aliphatic imine (C=N–C) groups is 1. The first-order chi connectivity index (χ1) is 15.2. The lowest BCUT2D eigenvalue weighted by atomic mass is 9.77. The Bertz CT molecular complexity index is 1370. The molecule has 11 heteroatoms. The number of thiocarbonyl (C=S) groups is 1. The summed E-state index contributed by atoms with van der Waals surface area (Å²) in [5, 5.41) is 23.5. The van der Waals surface area contributed by atoms with E-state index in [9.17, 15) is 15.0 Å². The number of fused-ring (bicyclic) bond motifs is 6. The van der Waals surface area contributed by atoms with Crippen molar-refractivity contribution in [1.29, 1.82) is 0 Å². The number of phenols is 2. The van der Waals surface area contributed by atoms with E-state index in [0.29, 0.717) is 53.7 Å². The van der Waals surface area contributed by atoms with Gasteiger partial charge in [0.1, 0.15) is 11.5 Å². The Kier molecular flexibility index (Phi) is 5.88. The second kappa shape index (κ2) is 8.18. The summed E-state index contributed by atoms with van der Waals surface area (Å²) in [4.78, 5) is 17.1. The van der Waals surface area contributed by atoms with Crippen LogP contribution in [0.4, 0.5) is 5.69 Å². The van der Waals surface area contributed by atoms with Gasteiger partial charge in [-0.05, 0) is 133 Å². The summed E-state index contributed by atoms with van der Waals surface area (Å²) in [6.07, 6.45) is 0. The van der Waals surface area contributed by atoms with Gasteiger partial charge in [0.15, 0.2) is 17.1 Å². The van der Waals surface area contributed by atoms with Crippen molar-refractivity contribution in [3.05, 3.63) is 66.9 Å². The lowest BCUT2D eigenvalue weighted by Crippen LogP contribution is -2.34. The molecule has 0 saturated carbocycles. The quantitative estimate of drug-likeness (QED) is 0.121. The van der Waals surface area contributed by atoms with E-state index in [1.165, 1.54) is 0 Å². The van der Waals surface area contributed by atoms with E-state index in [-0.39, 0.29) is 11.5 Å². The highest BCUT2D eigenvalue weighted by Crippen LogP contribution is 2.60. The highest BCUT2D eigenvalue weighted by Gasteiger charge is 2.55. The molecule has 2 N–H and O–H groups in total. The Hall–Kier alpha value is -0.750. The molecule has 0 aliphatic carbocycles. The summed E-state index contributed by atoms with van der Waals surface area (Å²) in [5.41, 5.74) is 1.28. The third-order valence-corrected chi connectivity index (χ3v) is 9.02. The normalized spacial score (nSPS) is 14.7. The Morgan fingerprint density at radius 2 is 1.47 bits per heavy atom. The van der Waals surface area contributed by atoms with Gasteiger partial charge in [0.2, 0.25) is 0 Å². The molecule has 0 bridgehead atoms. The van der Waals surface area contributed by atoms with Crippen LogP contribution in [-0.4, -0.2) is 21.3 Å². The molecule has 32 heavy (non-hydrogen) atoms. The molecule has 160 valence electrons. The van der Waals surface area contributed by atoms with Crippen molar-refractivity contribution in [2.24, 2.45) is 4.99 Å². The molecule has 5 rings (SSSR count). The Morgan fingerprint density at radius 3 is 2.00 bits per heavy atom. The van der Waals surface area contributed by atoms with E-state index in [1.807, 2.05) is 90.4 Å². The summed E-state index contributed by atoms with van der Waals surface area (Å²) < 4.78 is 14.5. The Balaban J connectivity index is 1.98. The summed E-state index contributed by atoms with van der Waals surface area (Å²) in [6, 6.07) is 8.58. The number of nitrogens with zero attached hydrogens (tertiary/aromatic N) is 1. The number of carbonyl (C=O) groups excluding carboxylic acids is 1. The van der Waals surface area contributed by atoms with Gasteiger partial charge in [-0.1, -0.05) is 0 Å². The van der Waals surface area contributed by atoms with Crippen LogP contribution >= 0.6 is 103 Å². The molecule has 3 aromatic carbocycles. The fourth-order valence-corrected chi connectivity index (χ4v) is 7.61. The van der Waals surface area contributed by atoms with Gasteiger partial charge in [-0.2, -0.15) is 4.99 Å². The number of benzene rings is 3. The topological polar surface area (TPSA) is 88.4 Å².